The Morgan fingerprint density at radius 2 is 1.63 bits per heavy atom. The zero-order chi connectivity index (χ0) is 18.1. The van der Waals surface area contributed by atoms with Gasteiger partial charge in [0.2, 0.25) is 0 Å². The fourth-order valence-corrected chi connectivity index (χ4v) is 3.81. The van der Waals surface area contributed by atoms with Gasteiger partial charge in [0, 0.05) is 43.1 Å². The molecule has 2 aromatic carbocycles. The van der Waals surface area contributed by atoms with Crippen LogP contribution in [0.2, 0.25) is 5.02 Å². The van der Waals surface area contributed by atoms with Crippen molar-refractivity contribution in [2.24, 2.45) is 0 Å². The normalized spacial score (nSPS) is 15.0. The first-order chi connectivity index (χ1) is 12.6. The summed E-state index contributed by atoms with van der Waals surface area (Å²) in [5.74, 6) is 1.11. The van der Waals surface area contributed by atoms with Gasteiger partial charge in [-0.1, -0.05) is 41.9 Å². The molecule has 2 heterocycles. The van der Waals surface area contributed by atoms with Crippen LogP contribution < -0.4 is 4.90 Å². The molecular formula is C22H25BrClN3. The molecule has 3 aromatic rings. The number of hydrogen-bond donors (Lipinski definition) is 0. The Kier molecular flexibility index (Phi) is 6.40. The van der Waals surface area contributed by atoms with Crippen LogP contribution in [0.25, 0.3) is 10.9 Å². The summed E-state index contributed by atoms with van der Waals surface area (Å²) in [6.07, 6.45) is 0. The molecule has 0 atom stereocenters. The van der Waals surface area contributed by atoms with Crippen molar-refractivity contribution < 1.29 is 0 Å². The van der Waals surface area contributed by atoms with Crippen molar-refractivity contribution in [3.05, 3.63) is 70.2 Å². The summed E-state index contributed by atoms with van der Waals surface area (Å²) in [5, 5.41) is 2.06. The number of aromatic nitrogens is 1. The predicted molar refractivity (Wildman–Crippen MR) is 120 cm³/mol. The van der Waals surface area contributed by atoms with Crippen LogP contribution >= 0.6 is 28.6 Å². The maximum absolute atomic E-state index is 5.98. The summed E-state index contributed by atoms with van der Waals surface area (Å²) < 4.78 is 0. The van der Waals surface area contributed by atoms with E-state index in [2.05, 4.69) is 60.0 Å². The number of nitrogens with zero attached hydrogens (tertiary/aromatic N) is 3. The first-order valence-corrected chi connectivity index (χ1v) is 9.57. The van der Waals surface area contributed by atoms with Crippen molar-refractivity contribution in [3.8, 4) is 0 Å². The van der Waals surface area contributed by atoms with Gasteiger partial charge < -0.3 is 4.90 Å². The van der Waals surface area contributed by atoms with E-state index < -0.39 is 0 Å². The molecule has 1 saturated heterocycles. The number of pyridine rings is 1. The SMILES string of the molecule is Br.Cc1cc(N2CCN(Cc3ccc(Cl)cc3)CC2)nc2c(C)cccc12. The largest absolute Gasteiger partial charge is 0.354 e. The Morgan fingerprint density at radius 1 is 0.926 bits per heavy atom. The van der Waals surface area contributed by atoms with Crippen molar-refractivity contribution in [2.45, 2.75) is 20.4 Å². The number of para-hydroxylation sites is 1. The van der Waals surface area contributed by atoms with Crippen LogP contribution in [0.4, 0.5) is 5.82 Å². The smallest absolute Gasteiger partial charge is 0.129 e. The van der Waals surface area contributed by atoms with Gasteiger partial charge in [-0.05, 0) is 48.7 Å². The third-order valence-electron chi connectivity index (χ3n) is 5.25. The maximum Gasteiger partial charge on any atom is 0.129 e. The molecule has 5 heteroatoms. The van der Waals surface area contributed by atoms with Crippen LogP contribution in [0.15, 0.2) is 48.5 Å². The van der Waals surface area contributed by atoms with Gasteiger partial charge in [0.1, 0.15) is 5.82 Å². The third kappa shape index (κ3) is 4.45. The topological polar surface area (TPSA) is 19.4 Å². The average molecular weight is 447 g/mol. The minimum atomic E-state index is 0. The zero-order valence-corrected chi connectivity index (χ0v) is 18.3. The fourth-order valence-electron chi connectivity index (χ4n) is 3.69. The van der Waals surface area contributed by atoms with E-state index in [9.17, 15) is 0 Å². The lowest BCUT2D eigenvalue weighted by molar-refractivity contribution is 0.249. The van der Waals surface area contributed by atoms with Gasteiger partial charge >= 0.3 is 0 Å². The second kappa shape index (κ2) is 8.59. The molecule has 1 aliphatic rings. The second-order valence-corrected chi connectivity index (χ2v) is 7.59. The molecule has 0 amide bonds. The van der Waals surface area contributed by atoms with E-state index in [1.54, 1.807) is 0 Å². The Morgan fingerprint density at radius 3 is 2.33 bits per heavy atom. The summed E-state index contributed by atoms with van der Waals surface area (Å²) in [6.45, 7) is 9.43. The van der Waals surface area contributed by atoms with Crippen LogP contribution in [0.1, 0.15) is 16.7 Å². The highest BCUT2D eigenvalue weighted by molar-refractivity contribution is 8.93. The van der Waals surface area contributed by atoms with Gasteiger partial charge in [0.05, 0.1) is 5.52 Å². The number of hydrogen-bond acceptors (Lipinski definition) is 3. The third-order valence-corrected chi connectivity index (χ3v) is 5.50. The predicted octanol–water partition coefficient (Wildman–Crippen LogP) is 5.41. The van der Waals surface area contributed by atoms with Crippen molar-refractivity contribution in [3.63, 3.8) is 0 Å². The minimum absolute atomic E-state index is 0. The van der Waals surface area contributed by atoms with Gasteiger partial charge in [0.15, 0.2) is 0 Å². The summed E-state index contributed by atoms with van der Waals surface area (Å²) in [4.78, 5) is 9.88. The monoisotopic (exact) mass is 445 g/mol. The zero-order valence-electron chi connectivity index (χ0n) is 15.8. The number of aryl methyl sites for hydroxylation is 2. The highest BCUT2D eigenvalue weighted by Crippen LogP contribution is 2.25. The van der Waals surface area contributed by atoms with Crippen LogP contribution in [-0.2, 0) is 6.54 Å². The first-order valence-electron chi connectivity index (χ1n) is 9.19. The molecule has 0 aliphatic carbocycles. The molecule has 3 nitrogen and oxygen atoms in total. The quantitative estimate of drug-likeness (QED) is 0.536. The molecule has 1 aromatic heterocycles. The molecule has 1 aliphatic heterocycles. The van der Waals surface area contributed by atoms with E-state index in [0.29, 0.717) is 0 Å². The van der Waals surface area contributed by atoms with Crippen LogP contribution in [0, 0.1) is 13.8 Å². The maximum atomic E-state index is 5.98. The number of halogens is 2. The van der Waals surface area contributed by atoms with Crippen molar-refractivity contribution >= 4 is 45.3 Å². The van der Waals surface area contributed by atoms with Gasteiger partial charge in [0.25, 0.3) is 0 Å². The molecule has 1 fully saturated rings. The molecule has 142 valence electrons. The highest BCUT2D eigenvalue weighted by atomic mass is 79.9. The summed E-state index contributed by atoms with van der Waals surface area (Å²) >= 11 is 5.98. The minimum Gasteiger partial charge on any atom is -0.354 e. The van der Waals surface area contributed by atoms with Crippen LogP contribution in [-0.4, -0.2) is 36.1 Å². The Labute approximate surface area is 176 Å². The van der Waals surface area contributed by atoms with E-state index in [0.717, 1.165) is 49.1 Å². The van der Waals surface area contributed by atoms with Crippen LogP contribution in [0.3, 0.4) is 0 Å². The standard InChI is InChI=1S/C22H24ClN3.BrH/c1-16-4-3-5-20-17(2)14-21(24-22(16)20)26-12-10-25(11-13-26)15-18-6-8-19(23)9-7-18;/h3-9,14H,10-13,15H2,1-2H3;1H. The van der Waals surface area contributed by atoms with Crippen molar-refractivity contribution in [1.82, 2.24) is 9.88 Å². The summed E-state index contributed by atoms with van der Waals surface area (Å²) in [5.41, 5.74) is 5.00. The van der Waals surface area contributed by atoms with Gasteiger partial charge in [-0.2, -0.15) is 0 Å². The molecule has 27 heavy (non-hydrogen) atoms. The molecule has 0 N–H and O–H groups in total. The van der Waals surface area contributed by atoms with E-state index in [4.69, 9.17) is 16.6 Å². The fraction of sp³-hybridized carbons (Fsp3) is 0.318. The molecule has 0 bridgehead atoms. The molecule has 0 unspecified atom stereocenters. The number of benzene rings is 2. The van der Waals surface area contributed by atoms with E-state index >= 15 is 0 Å². The molecule has 4 rings (SSSR count). The lowest BCUT2D eigenvalue weighted by Crippen LogP contribution is -2.46. The summed E-state index contributed by atoms with van der Waals surface area (Å²) in [7, 11) is 0. The average Bonchev–Trinajstić information content (AvgIpc) is 2.65. The van der Waals surface area contributed by atoms with Gasteiger partial charge in [-0.25, -0.2) is 4.98 Å². The first kappa shape index (κ1) is 20.1. The van der Waals surface area contributed by atoms with E-state index in [-0.39, 0.29) is 17.0 Å². The molecule has 0 spiro atoms. The van der Waals surface area contributed by atoms with E-state index in [1.807, 2.05) is 12.1 Å². The number of piperazine rings is 1. The Bertz CT molecular complexity index is 919. The molecule has 0 radical (unpaired) electrons. The summed E-state index contributed by atoms with van der Waals surface area (Å²) in [6, 6.07) is 16.8. The Balaban J connectivity index is 0.00000210. The second-order valence-electron chi connectivity index (χ2n) is 7.16. The van der Waals surface area contributed by atoms with Crippen LogP contribution in [0.5, 0.6) is 0 Å². The van der Waals surface area contributed by atoms with Gasteiger partial charge in [-0.3, -0.25) is 4.90 Å². The number of anilines is 1. The lowest BCUT2D eigenvalue weighted by atomic mass is 10.1. The van der Waals surface area contributed by atoms with Crippen molar-refractivity contribution in [2.75, 3.05) is 31.1 Å². The Hall–Kier alpha value is -1.62. The number of fused-ring (bicyclic) bond motifs is 1. The number of rotatable bonds is 3. The van der Waals surface area contributed by atoms with Crippen molar-refractivity contribution in [1.29, 1.82) is 0 Å². The molecule has 0 saturated carbocycles. The van der Waals surface area contributed by atoms with Gasteiger partial charge in [-0.15, -0.1) is 17.0 Å². The lowest BCUT2D eigenvalue weighted by Gasteiger charge is -2.35. The van der Waals surface area contributed by atoms with E-state index in [1.165, 1.54) is 22.1 Å². The molecular weight excluding hydrogens is 422 g/mol. The highest BCUT2D eigenvalue weighted by Gasteiger charge is 2.19.